The molecule has 0 heterocycles. The molecule has 6 nitrogen and oxygen atoms in total. The SMILES string of the molecule is CC(C(N)=O)=C(C(N)=O)C(=O)O. The van der Waals surface area contributed by atoms with Gasteiger partial charge in [-0.05, 0) is 6.92 Å². The summed E-state index contributed by atoms with van der Waals surface area (Å²) in [6.45, 7) is 1.12. The van der Waals surface area contributed by atoms with Crippen LogP contribution in [0, 0.1) is 0 Å². The molecule has 66 valence electrons. The molecule has 0 atom stereocenters. The standard InChI is InChI=1S/C6H8N2O4/c1-2(4(7)9)3(5(8)10)6(11)12/h1H3,(H2,7,9)(H2,8,10)(H,11,12). The van der Waals surface area contributed by atoms with Gasteiger partial charge in [0.25, 0.3) is 5.91 Å². The van der Waals surface area contributed by atoms with Crippen LogP contribution in [-0.4, -0.2) is 22.9 Å². The first-order valence-electron chi connectivity index (χ1n) is 2.91. The second kappa shape index (κ2) is 3.51. The van der Waals surface area contributed by atoms with Crippen LogP contribution in [0.4, 0.5) is 0 Å². The van der Waals surface area contributed by atoms with Crippen molar-refractivity contribution in [3.05, 3.63) is 11.1 Å². The Bertz CT molecular complexity index is 263. The van der Waals surface area contributed by atoms with Gasteiger partial charge in [-0.15, -0.1) is 0 Å². The molecule has 0 aromatic rings. The molecular formula is C6H8N2O4. The molecule has 0 rings (SSSR count). The lowest BCUT2D eigenvalue weighted by atomic mass is 10.1. The van der Waals surface area contributed by atoms with Crippen molar-refractivity contribution in [3.8, 4) is 0 Å². The van der Waals surface area contributed by atoms with Crippen LogP contribution >= 0.6 is 0 Å². The van der Waals surface area contributed by atoms with Crippen molar-refractivity contribution in [2.24, 2.45) is 11.5 Å². The fourth-order valence-electron chi connectivity index (χ4n) is 0.574. The number of rotatable bonds is 3. The Labute approximate surface area is 67.8 Å². The van der Waals surface area contributed by atoms with Gasteiger partial charge in [0.2, 0.25) is 5.91 Å². The minimum atomic E-state index is -1.56. The molecule has 0 unspecified atom stereocenters. The van der Waals surface area contributed by atoms with E-state index in [1.165, 1.54) is 0 Å². The van der Waals surface area contributed by atoms with Crippen LogP contribution in [0.5, 0.6) is 0 Å². The molecule has 0 aliphatic rings. The number of aliphatic carboxylic acids is 1. The molecule has 0 saturated carbocycles. The lowest BCUT2D eigenvalue weighted by Gasteiger charge is -1.99. The van der Waals surface area contributed by atoms with Gasteiger partial charge < -0.3 is 16.6 Å². The Morgan fingerprint density at radius 2 is 1.50 bits per heavy atom. The zero-order valence-corrected chi connectivity index (χ0v) is 6.33. The zero-order valence-electron chi connectivity index (χ0n) is 6.33. The molecule has 0 radical (unpaired) electrons. The quantitative estimate of drug-likeness (QED) is 0.268. The second-order valence-corrected chi connectivity index (χ2v) is 2.03. The molecule has 0 bridgehead atoms. The third kappa shape index (κ3) is 2.08. The number of carbonyl (C=O) groups excluding carboxylic acids is 2. The minimum absolute atomic E-state index is 0.352. The van der Waals surface area contributed by atoms with Crippen molar-refractivity contribution >= 4 is 17.8 Å². The summed E-state index contributed by atoms with van der Waals surface area (Å²) in [5.74, 6) is -3.72. The number of carbonyl (C=O) groups is 3. The van der Waals surface area contributed by atoms with Crippen molar-refractivity contribution in [2.75, 3.05) is 0 Å². The Balaban J connectivity index is 5.23. The van der Waals surface area contributed by atoms with Crippen molar-refractivity contribution in [1.29, 1.82) is 0 Å². The maximum absolute atomic E-state index is 10.5. The smallest absolute Gasteiger partial charge is 0.341 e. The number of amides is 2. The summed E-state index contributed by atoms with van der Waals surface area (Å²) in [6, 6.07) is 0. The van der Waals surface area contributed by atoms with Gasteiger partial charge in [0.15, 0.2) is 0 Å². The number of carboxylic acids is 1. The number of primary amides is 2. The van der Waals surface area contributed by atoms with Crippen molar-refractivity contribution in [3.63, 3.8) is 0 Å². The minimum Gasteiger partial charge on any atom is -0.477 e. The molecule has 12 heavy (non-hydrogen) atoms. The Morgan fingerprint density at radius 3 is 1.58 bits per heavy atom. The van der Waals surface area contributed by atoms with E-state index in [2.05, 4.69) is 0 Å². The molecular weight excluding hydrogens is 164 g/mol. The van der Waals surface area contributed by atoms with Crippen molar-refractivity contribution in [2.45, 2.75) is 6.92 Å². The third-order valence-corrected chi connectivity index (χ3v) is 1.20. The molecule has 0 aromatic carbocycles. The van der Waals surface area contributed by atoms with Crippen LogP contribution in [0.3, 0.4) is 0 Å². The Hall–Kier alpha value is -1.85. The summed E-state index contributed by atoms with van der Waals surface area (Å²) in [4.78, 5) is 31.2. The molecule has 6 heteroatoms. The van der Waals surface area contributed by atoms with Crippen molar-refractivity contribution < 1.29 is 19.5 Å². The van der Waals surface area contributed by atoms with Crippen LogP contribution in [0.2, 0.25) is 0 Å². The fourth-order valence-corrected chi connectivity index (χ4v) is 0.574. The van der Waals surface area contributed by atoms with E-state index in [4.69, 9.17) is 16.6 Å². The lowest BCUT2D eigenvalue weighted by molar-refractivity contribution is -0.135. The molecule has 0 saturated heterocycles. The van der Waals surface area contributed by atoms with E-state index in [-0.39, 0.29) is 5.57 Å². The highest BCUT2D eigenvalue weighted by atomic mass is 16.4. The fraction of sp³-hybridized carbons (Fsp3) is 0.167. The predicted molar refractivity (Wildman–Crippen MR) is 38.7 cm³/mol. The summed E-state index contributed by atoms with van der Waals surface area (Å²) >= 11 is 0. The van der Waals surface area contributed by atoms with Gasteiger partial charge in [-0.2, -0.15) is 0 Å². The largest absolute Gasteiger partial charge is 0.477 e. The van der Waals surface area contributed by atoms with E-state index in [1.807, 2.05) is 0 Å². The zero-order chi connectivity index (χ0) is 9.89. The van der Waals surface area contributed by atoms with Crippen LogP contribution in [0.15, 0.2) is 11.1 Å². The Kier molecular flexibility index (Phi) is 2.97. The van der Waals surface area contributed by atoms with Crippen LogP contribution in [-0.2, 0) is 14.4 Å². The third-order valence-electron chi connectivity index (χ3n) is 1.20. The predicted octanol–water partition coefficient (Wildman–Crippen LogP) is -1.64. The van der Waals surface area contributed by atoms with Gasteiger partial charge in [0.1, 0.15) is 5.57 Å². The molecule has 0 fully saturated rings. The summed E-state index contributed by atoms with van der Waals surface area (Å²) in [5.41, 5.74) is 8.31. The van der Waals surface area contributed by atoms with Crippen LogP contribution < -0.4 is 11.5 Å². The monoisotopic (exact) mass is 172 g/mol. The topological polar surface area (TPSA) is 123 Å². The summed E-state index contributed by atoms with van der Waals surface area (Å²) in [6.07, 6.45) is 0. The van der Waals surface area contributed by atoms with E-state index in [0.29, 0.717) is 0 Å². The van der Waals surface area contributed by atoms with Gasteiger partial charge >= 0.3 is 5.97 Å². The molecule has 5 N–H and O–H groups in total. The highest BCUT2D eigenvalue weighted by Crippen LogP contribution is 2.02. The van der Waals surface area contributed by atoms with E-state index in [1.54, 1.807) is 0 Å². The number of hydrogen-bond donors (Lipinski definition) is 3. The first kappa shape index (κ1) is 10.2. The maximum atomic E-state index is 10.5. The van der Waals surface area contributed by atoms with Gasteiger partial charge in [-0.3, -0.25) is 9.59 Å². The normalized spacial score (nSPS) is 11.8. The molecule has 2 amide bonds. The van der Waals surface area contributed by atoms with Gasteiger partial charge in [-0.25, -0.2) is 4.79 Å². The van der Waals surface area contributed by atoms with Crippen LogP contribution in [0.1, 0.15) is 6.92 Å². The highest BCUT2D eigenvalue weighted by Gasteiger charge is 2.19. The van der Waals surface area contributed by atoms with Crippen molar-refractivity contribution in [1.82, 2.24) is 0 Å². The first-order chi connectivity index (χ1) is 5.37. The number of hydrogen-bond acceptors (Lipinski definition) is 3. The molecule has 0 spiro atoms. The van der Waals surface area contributed by atoms with E-state index >= 15 is 0 Å². The number of nitrogens with two attached hydrogens (primary N) is 2. The van der Waals surface area contributed by atoms with Gasteiger partial charge in [0, 0.05) is 5.57 Å². The summed E-state index contributed by atoms with van der Waals surface area (Å²) in [5, 5.41) is 8.40. The van der Waals surface area contributed by atoms with Gasteiger partial charge in [0.05, 0.1) is 0 Å². The average molecular weight is 172 g/mol. The molecule has 0 aromatic heterocycles. The van der Waals surface area contributed by atoms with E-state index in [9.17, 15) is 14.4 Å². The summed E-state index contributed by atoms with van der Waals surface area (Å²) < 4.78 is 0. The highest BCUT2D eigenvalue weighted by molar-refractivity contribution is 6.19. The lowest BCUT2D eigenvalue weighted by Crippen LogP contribution is -2.26. The first-order valence-corrected chi connectivity index (χ1v) is 2.91. The summed E-state index contributed by atoms with van der Waals surface area (Å²) in [7, 11) is 0. The second-order valence-electron chi connectivity index (χ2n) is 2.03. The van der Waals surface area contributed by atoms with E-state index < -0.39 is 23.4 Å². The van der Waals surface area contributed by atoms with Gasteiger partial charge in [-0.1, -0.05) is 0 Å². The molecule has 0 aliphatic heterocycles. The van der Waals surface area contributed by atoms with E-state index in [0.717, 1.165) is 6.92 Å². The average Bonchev–Trinajstić information content (AvgIpc) is 1.85. The Morgan fingerprint density at radius 1 is 1.08 bits per heavy atom. The molecule has 0 aliphatic carbocycles. The number of carboxylic acid groups (broad SMARTS) is 1. The maximum Gasteiger partial charge on any atom is 0.341 e. The van der Waals surface area contributed by atoms with Crippen LogP contribution in [0.25, 0.3) is 0 Å².